The van der Waals surface area contributed by atoms with E-state index in [2.05, 4.69) is 10.6 Å². The van der Waals surface area contributed by atoms with E-state index in [1.54, 1.807) is 0 Å². The second kappa shape index (κ2) is 7.68. The monoisotopic (exact) mass is 306 g/mol. The SMILES string of the molecule is Cl.O=C(NCC1CCCNC1)c1c(F)cccc1Cl. The van der Waals surface area contributed by atoms with Crippen LogP contribution < -0.4 is 10.6 Å². The van der Waals surface area contributed by atoms with Crippen molar-refractivity contribution in [1.29, 1.82) is 0 Å². The Morgan fingerprint density at radius 2 is 2.32 bits per heavy atom. The minimum atomic E-state index is -0.582. The van der Waals surface area contributed by atoms with Crippen LogP contribution in [0.4, 0.5) is 4.39 Å². The predicted molar refractivity (Wildman–Crippen MR) is 76.6 cm³/mol. The summed E-state index contributed by atoms with van der Waals surface area (Å²) >= 11 is 5.83. The van der Waals surface area contributed by atoms with Gasteiger partial charge < -0.3 is 10.6 Å². The molecular formula is C13H17Cl2FN2O. The largest absolute Gasteiger partial charge is 0.352 e. The van der Waals surface area contributed by atoms with E-state index in [1.165, 1.54) is 18.2 Å². The van der Waals surface area contributed by atoms with Crippen LogP contribution in [0.2, 0.25) is 5.02 Å². The molecule has 1 heterocycles. The second-order valence-electron chi connectivity index (χ2n) is 4.52. The molecule has 0 spiro atoms. The van der Waals surface area contributed by atoms with Crippen LogP contribution in [0.3, 0.4) is 0 Å². The summed E-state index contributed by atoms with van der Waals surface area (Å²) in [7, 11) is 0. The molecule has 1 aromatic rings. The van der Waals surface area contributed by atoms with Gasteiger partial charge >= 0.3 is 0 Å². The Bertz CT molecular complexity index is 416. The van der Waals surface area contributed by atoms with Crippen molar-refractivity contribution < 1.29 is 9.18 Å². The number of benzene rings is 1. The number of halogens is 3. The van der Waals surface area contributed by atoms with Crippen molar-refractivity contribution in [3.05, 3.63) is 34.6 Å². The van der Waals surface area contributed by atoms with Crippen molar-refractivity contribution >= 4 is 29.9 Å². The Morgan fingerprint density at radius 1 is 1.53 bits per heavy atom. The zero-order chi connectivity index (χ0) is 13.0. The fourth-order valence-corrected chi connectivity index (χ4v) is 2.39. The first kappa shape index (κ1) is 16.2. The van der Waals surface area contributed by atoms with Crippen LogP contribution in [0.25, 0.3) is 0 Å². The summed E-state index contributed by atoms with van der Waals surface area (Å²) in [6.45, 7) is 2.48. The van der Waals surface area contributed by atoms with Gasteiger partial charge in [-0.2, -0.15) is 0 Å². The van der Waals surface area contributed by atoms with Crippen LogP contribution in [0.15, 0.2) is 18.2 Å². The van der Waals surface area contributed by atoms with Crippen molar-refractivity contribution in [2.75, 3.05) is 19.6 Å². The normalized spacial score (nSPS) is 18.5. The van der Waals surface area contributed by atoms with E-state index in [4.69, 9.17) is 11.6 Å². The first-order valence-corrected chi connectivity index (χ1v) is 6.49. The summed E-state index contributed by atoms with van der Waals surface area (Å²) in [5, 5.41) is 6.16. The maximum Gasteiger partial charge on any atom is 0.255 e. The first-order chi connectivity index (χ1) is 8.68. The number of hydrogen-bond acceptors (Lipinski definition) is 2. The van der Waals surface area contributed by atoms with E-state index in [0.29, 0.717) is 12.5 Å². The Hall–Kier alpha value is -0.840. The molecule has 106 valence electrons. The molecule has 2 N–H and O–H groups in total. The van der Waals surface area contributed by atoms with Crippen LogP contribution in [-0.2, 0) is 0 Å². The molecule has 1 aliphatic rings. The first-order valence-electron chi connectivity index (χ1n) is 6.11. The van der Waals surface area contributed by atoms with Crippen molar-refractivity contribution in [3.63, 3.8) is 0 Å². The Kier molecular flexibility index (Phi) is 6.55. The summed E-state index contributed by atoms with van der Waals surface area (Å²) in [5.41, 5.74) is -0.0667. The molecule has 6 heteroatoms. The van der Waals surface area contributed by atoms with Gasteiger partial charge in [0, 0.05) is 6.54 Å². The van der Waals surface area contributed by atoms with Crippen LogP contribution in [-0.4, -0.2) is 25.5 Å². The lowest BCUT2D eigenvalue weighted by atomic mass is 9.99. The Labute approximate surface area is 123 Å². The number of carbonyl (C=O) groups is 1. The molecule has 1 atom stereocenters. The van der Waals surface area contributed by atoms with Gasteiger partial charge in [0.2, 0.25) is 0 Å². The van der Waals surface area contributed by atoms with Crippen molar-refractivity contribution in [2.24, 2.45) is 5.92 Å². The standard InChI is InChI=1S/C13H16ClFN2O.ClH/c14-10-4-1-5-11(15)12(10)13(18)17-8-9-3-2-6-16-7-9;/h1,4-5,9,16H,2-3,6-8H2,(H,17,18);1H. The van der Waals surface area contributed by atoms with Gasteiger partial charge in [-0.25, -0.2) is 4.39 Å². The molecule has 3 nitrogen and oxygen atoms in total. The summed E-state index contributed by atoms with van der Waals surface area (Å²) < 4.78 is 13.5. The number of hydrogen-bond donors (Lipinski definition) is 2. The second-order valence-corrected chi connectivity index (χ2v) is 4.93. The van der Waals surface area contributed by atoms with Crippen molar-refractivity contribution in [1.82, 2.24) is 10.6 Å². The zero-order valence-corrected chi connectivity index (χ0v) is 12.0. The van der Waals surface area contributed by atoms with Gasteiger partial charge in [-0.1, -0.05) is 17.7 Å². The molecule has 0 bridgehead atoms. The topological polar surface area (TPSA) is 41.1 Å². The smallest absolute Gasteiger partial charge is 0.255 e. The van der Waals surface area contributed by atoms with Gasteiger partial charge in [0.15, 0.2) is 0 Å². The summed E-state index contributed by atoms with van der Waals surface area (Å²) in [5.74, 6) is -0.612. The number of amides is 1. The van der Waals surface area contributed by atoms with E-state index < -0.39 is 11.7 Å². The summed E-state index contributed by atoms with van der Waals surface area (Å²) in [6, 6.07) is 4.24. The quantitative estimate of drug-likeness (QED) is 0.901. The molecule has 1 aromatic carbocycles. The minimum Gasteiger partial charge on any atom is -0.352 e. The van der Waals surface area contributed by atoms with E-state index in [-0.39, 0.29) is 23.0 Å². The maximum absolute atomic E-state index is 13.5. The van der Waals surface area contributed by atoms with E-state index >= 15 is 0 Å². The molecule has 2 rings (SSSR count). The molecule has 19 heavy (non-hydrogen) atoms. The summed E-state index contributed by atoms with van der Waals surface area (Å²) in [6.07, 6.45) is 2.19. The molecule has 0 saturated carbocycles. The maximum atomic E-state index is 13.5. The summed E-state index contributed by atoms with van der Waals surface area (Å²) in [4.78, 5) is 11.9. The molecule has 1 amide bonds. The van der Waals surface area contributed by atoms with Crippen LogP contribution in [0.5, 0.6) is 0 Å². The lowest BCUT2D eigenvalue weighted by molar-refractivity contribution is 0.0941. The highest BCUT2D eigenvalue weighted by Crippen LogP contribution is 2.19. The van der Waals surface area contributed by atoms with E-state index in [1.807, 2.05) is 0 Å². The third-order valence-corrected chi connectivity index (χ3v) is 3.46. The zero-order valence-electron chi connectivity index (χ0n) is 10.4. The average Bonchev–Trinajstić information content (AvgIpc) is 2.37. The van der Waals surface area contributed by atoms with Gasteiger partial charge in [0.1, 0.15) is 5.82 Å². The van der Waals surface area contributed by atoms with Crippen LogP contribution in [0, 0.1) is 11.7 Å². The molecular weight excluding hydrogens is 290 g/mol. The van der Waals surface area contributed by atoms with Gasteiger partial charge in [0.25, 0.3) is 5.91 Å². The molecule has 1 unspecified atom stereocenters. The number of nitrogens with one attached hydrogen (secondary N) is 2. The fraction of sp³-hybridized carbons (Fsp3) is 0.462. The van der Waals surface area contributed by atoms with Gasteiger partial charge in [0.05, 0.1) is 10.6 Å². The number of rotatable bonds is 3. The van der Waals surface area contributed by atoms with E-state index in [0.717, 1.165) is 25.9 Å². The van der Waals surface area contributed by atoms with Crippen molar-refractivity contribution in [2.45, 2.75) is 12.8 Å². The number of piperidine rings is 1. The fourth-order valence-electron chi connectivity index (χ4n) is 2.14. The highest BCUT2D eigenvalue weighted by molar-refractivity contribution is 6.33. The predicted octanol–water partition coefficient (Wildman–Crippen LogP) is 2.63. The molecule has 0 aliphatic carbocycles. The lowest BCUT2D eigenvalue weighted by Gasteiger charge is -2.23. The highest BCUT2D eigenvalue weighted by atomic mass is 35.5. The molecule has 1 fully saturated rings. The van der Waals surface area contributed by atoms with Crippen LogP contribution in [0.1, 0.15) is 23.2 Å². The molecule has 1 aliphatic heterocycles. The minimum absolute atomic E-state index is 0. The van der Waals surface area contributed by atoms with Gasteiger partial charge in [-0.05, 0) is 44.0 Å². The molecule has 1 saturated heterocycles. The number of carbonyl (C=O) groups excluding carboxylic acids is 1. The van der Waals surface area contributed by atoms with Crippen LogP contribution >= 0.6 is 24.0 Å². The third kappa shape index (κ3) is 4.34. The molecule has 0 aromatic heterocycles. The highest BCUT2D eigenvalue weighted by Gasteiger charge is 2.18. The lowest BCUT2D eigenvalue weighted by Crippen LogP contribution is -2.38. The van der Waals surface area contributed by atoms with Gasteiger partial charge in [-0.15, -0.1) is 12.4 Å². The van der Waals surface area contributed by atoms with E-state index in [9.17, 15) is 9.18 Å². The van der Waals surface area contributed by atoms with Crippen molar-refractivity contribution in [3.8, 4) is 0 Å². The average molecular weight is 307 g/mol. The Balaban J connectivity index is 0.00000180. The Morgan fingerprint density at radius 3 is 2.95 bits per heavy atom. The molecule has 0 radical (unpaired) electrons. The third-order valence-electron chi connectivity index (χ3n) is 3.14. The van der Waals surface area contributed by atoms with Gasteiger partial charge in [-0.3, -0.25) is 4.79 Å².